The normalized spacial score (nSPS) is 29.1. The van der Waals surface area contributed by atoms with Gasteiger partial charge in [0.05, 0.1) is 16.3 Å². The number of fused-ring (bicyclic) bond motifs is 1. The summed E-state index contributed by atoms with van der Waals surface area (Å²) in [4.78, 5) is 24.5. The fourth-order valence-electron chi connectivity index (χ4n) is 2.06. The fraction of sp³-hybridized carbons (Fsp3) is 0.636. The summed E-state index contributed by atoms with van der Waals surface area (Å²) in [6, 6.07) is -0.0512. The topological polar surface area (TPSA) is 104 Å². The maximum absolute atomic E-state index is 11.9. The molecule has 2 aliphatic heterocycles. The van der Waals surface area contributed by atoms with Crippen molar-refractivity contribution in [2.75, 3.05) is 5.75 Å². The van der Waals surface area contributed by atoms with E-state index in [1.807, 2.05) is 6.92 Å². The molecule has 19 heavy (non-hydrogen) atoms. The molecule has 4 N–H and O–H groups in total. The van der Waals surface area contributed by atoms with Gasteiger partial charge in [-0.25, -0.2) is 4.79 Å². The van der Waals surface area contributed by atoms with Gasteiger partial charge < -0.3 is 15.9 Å². The Morgan fingerprint density at radius 2 is 2.21 bits per heavy atom. The first-order chi connectivity index (χ1) is 8.84. The first-order valence-electron chi connectivity index (χ1n) is 5.88. The van der Waals surface area contributed by atoms with E-state index in [0.717, 1.165) is 0 Å². The number of aliphatic hydroxyl groups is 1. The molecule has 0 aromatic rings. The van der Waals surface area contributed by atoms with Crippen LogP contribution in [0.4, 0.5) is 0 Å². The van der Waals surface area contributed by atoms with Gasteiger partial charge in [0.25, 0.3) is 0 Å². The molecule has 106 valence electrons. The number of amides is 1. The molecule has 0 bridgehead atoms. The van der Waals surface area contributed by atoms with Crippen LogP contribution in [0.1, 0.15) is 13.8 Å². The van der Waals surface area contributed by atoms with E-state index in [2.05, 4.69) is 0 Å². The molecule has 1 fully saturated rings. The van der Waals surface area contributed by atoms with E-state index in [-0.39, 0.29) is 23.0 Å². The number of hydrogen-bond acceptors (Lipinski definition) is 6. The SMILES string of the molecule is CC(N)CSC1=C(C(=O)O)N2C(=O)[C@H]([C@@H](C)O)[C@H]2S1. The van der Waals surface area contributed by atoms with E-state index in [0.29, 0.717) is 9.99 Å². The van der Waals surface area contributed by atoms with Crippen LogP contribution in [0.25, 0.3) is 0 Å². The second-order valence-corrected chi connectivity index (χ2v) is 7.13. The Morgan fingerprint density at radius 1 is 1.58 bits per heavy atom. The zero-order valence-electron chi connectivity index (χ0n) is 10.6. The molecule has 6 nitrogen and oxygen atoms in total. The highest BCUT2D eigenvalue weighted by atomic mass is 32.2. The number of rotatable bonds is 5. The summed E-state index contributed by atoms with van der Waals surface area (Å²) in [7, 11) is 0. The minimum absolute atomic E-state index is 0.0301. The molecule has 8 heteroatoms. The first-order valence-corrected chi connectivity index (χ1v) is 7.74. The number of aliphatic hydroxyl groups excluding tert-OH is 1. The number of nitrogens with two attached hydrogens (primary N) is 1. The van der Waals surface area contributed by atoms with Gasteiger partial charge in [0.1, 0.15) is 5.37 Å². The number of nitrogens with zero attached hydrogens (tertiary/aromatic N) is 1. The largest absolute Gasteiger partial charge is 0.477 e. The molecule has 2 rings (SSSR count). The molecular weight excluding hydrogens is 288 g/mol. The fourth-order valence-corrected chi connectivity index (χ4v) is 4.89. The highest BCUT2D eigenvalue weighted by Gasteiger charge is 2.57. The number of thioether (sulfide) groups is 2. The average molecular weight is 304 g/mol. The summed E-state index contributed by atoms with van der Waals surface area (Å²) < 4.78 is 0.603. The highest BCUT2D eigenvalue weighted by Crippen LogP contribution is 2.53. The van der Waals surface area contributed by atoms with Gasteiger partial charge in [-0.2, -0.15) is 0 Å². The van der Waals surface area contributed by atoms with Gasteiger partial charge in [0.2, 0.25) is 5.91 Å². The maximum Gasteiger partial charge on any atom is 0.354 e. The monoisotopic (exact) mass is 304 g/mol. The third-order valence-corrected chi connectivity index (χ3v) is 5.89. The zero-order chi connectivity index (χ0) is 14.3. The Kier molecular flexibility index (Phi) is 4.14. The van der Waals surface area contributed by atoms with E-state index in [9.17, 15) is 19.8 Å². The maximum atomic E-state index is 11.9. The van der Waals surface area contributed by atoms with Crippen LogP contribution in [-0.2, 0) is 9.59 Å². The van der Waals surface area contributed by atoms with Crippen LogP contribution in [-0.4, -0.2) is 50.3 Å². The number of carbonyl (C=O) groups excluding carboxylic acids is 1. The van der Waals surface area contributed by atoms with Crippen molar-refractivity contribution in [3.8, 4) is 0 Å². The van der Waals surface area contributed by atoms with E-state index in [1.54, 1.807) is 6.92 Å². The van der Waals surface area contributed by atoms with E-state index in [4.69, 9.17) is 5.73 Å². The summed E-state index contributed by atoms with van der Waals surface area (Å²) in [5, 5.41) is 18.5. The molecule has 2 aliphatic rings. The van der Waals surface area contributed by atoms with Crippen LogP contribution in [0.3, 0.4) is 0 Å². The number of hydrogen-bond donors (Lipinski definition) is 3. The lowest BCUT2D eigenvalue weighted by Crippen LogP contribution is -2.60. The second-order valence-electron chi connectivity index (χ2n) is 4.71. The van der Waals surface area contributed by atoms with E-state index < -0.39 is 18.0 Å². The third-order valence-electron chi connectivity index (χ3n) is 2.95. The van der Waals surface area contributed by atoms with Gasteiger partial charge in [-0.3, -0.25) is 9.69 Å². The second kappa shape index (κ2) is 5.35. The predicted octanol–water partition coefficient (Wildman–Crippen LogP) is 0.233. The lowest BCUT2D eigenvalue weighted by atomic mass is 9.92. The Labute approximate surface area is 119 Å². The molecule has 4 atom stereocenters. The smallest absolute Gasteiger partial charge is 0.354 e. The van der Waals surface area contributed by atoms with Gasteiger partial charge in [0, 0.05) is 11.8 Å². The molecule has 0 aliphatic carbocycles. The summed E-state index contributed by atoms with van der Waals surface area (Å²) in [6.45, 7) is 3.39. The Hall–Kier alpha value is -0.700. The summed E-state index contributed by atoms with van der Waals surface area (Å²) in [5.74, 6) is -1.36. The average Bonchev–Trinajstić information content (AvgIpc) is 2.60. The van der Waals surface area contributed by atoms with Crippen molar-refractivity contribution >= 4 is 35.4 Å². The molecule has 0 saturated carbocycles. The summed E-state index contributed by atoms with van der Waals surface area (Å²) >= 11 is 2.68. The minimum Gasteiger partial charge on any atom is -0.477 e. The van der Waals surface area contributed by atoms with Crippen molar-refractivity contribution in [1.82, 2.24) is 4.90 Å². The molecule has 0 aromatic carbocycles. The van der Waals surface area contributed by atoms with Crippen LogP contribution in [0.5, 0.6) is 0 Å². The lowest BCUT2D eigenvalue weighted by molar-refractivity contribution is -0.156. The van der Waals surface area contributed by atoms with Crippen molar-refractivity contribution in [3.63, 3.8) is 0 Å². The molecule has 0 radical (unpaired) electrons. The van der Waals surface area contributed by atoms with Gasteiger partial charge in [-0.15, -0.1) is 11.8 Å². The molecule has 0 spiro atoms. The van der Waals surface area contributed by atoms with Crippen LogP contribution >= 0.6 is 23.5 Å². The molecule has 1 amide bonds. The van der Waals surface area contributed by atoms with Crippen molar-refractivity contribution in [2.24, 2.45) is 11.7 Å². The van der Waals surface area contributed by atoms with Crippen LogP contribution in [0.2, 0.25) is 0 Å². The standard InChI is InChI=1S/C11H16N2O4S2/c1-4(12)3-18-11-7(10(16)17)13-8(15)6(5(2)14)9(13)19-11/h4-6,9,14H,3,12H2,1-2H3,(H,16,17)/t4?,5-,6+,9-/m1/s1. The number of carbonyl (C=O) groups is 2. The predicted molar refractivity (Wildman–Crippen MR) is 74.2 cm³/mol. The third kappa shape index (κ3) is 2.49. The van der Waals surface area contributed by atoms with Gasteiger partial charge in [-0.1, -0.05) is 11.8 Å². The van der Waals surface area contributed by atoms with E-state index in [1.165, 1.54) is 28.4 Å². The lowest BCUT2D eigenvalue weighted by Gasteiger charge is -2.43. The van der Waals surface area contributed by atoms with Crippen molar-refractivity contribution in [3.05, 3.63) is 9.93 Å². The summed E-state index contributed by atoms with van der Waals surface area (Å²) in [6.07, 6.45) is -0.769. The Bertz CT molecular complexity index is 450. The molecular formula is C11H16N2O4S2. The number of aliphatic carboxylic acids is 1. The van der Waals surface area contributed by atoms with Crippen molar-refractivity contribution in [2.45, 2.75) is 31.4 Å². The Morgan fingerprint density at radius 3 is 2.68 bits per heavy atom. The first kappa shape index (κ1) is 14.7. The minimum atomic E-state index is -1.11. The number of carboxylic acid groups (broad SMARTS) is 1. The molecule has 1 unspecified atom stereocenters. The molecule has 0 aromatic heterocycles. The zero-order valence-corrected chi connectivity index (χ0v) is 12.2. The molecule has 2 heterocycles. The summed E-state index contributed by atoms with van der Waals surface area (Å²) in [5.41, 5.74) is 5.69. The van der Waals surface area contributed by atoms with Gasteiger partial charge >= 0.3 is 5.97 Å². The number of carboxylic acids is 1. The highest BCUT2D eigenvalue weighted by molar-refractivity contribution is 8.22. The molecule has 1 saturated heterocycles. The van der Waals surface area contributed by atoms with Crippen molar-refractivity contribution in [1.29, 1.82) is 0 Å². The van der Waals surface area contributed by atoms with Crippen LogP contribution < -0.4 is 5.73 Å². The van der Waals surface area contributed by atoms with Gasteiger partial charge in [-0.05, 0) is 13.8 Å². The van der Waals surface area contributed by atoms with Gasteiger partial charge in [0.15, 0.2) is 5.70 Å². The quantitative estimate of drug-likeness (QED) is 0.625. The van der Waals surface area contributed by atoms with Crippen LogP contribution in [0, 0.1) is 5.92 Å². The van der Waals surface area contributed by atoms with Crippen molar-refractivity contribution < 1.29 is 19.8 Å². The van der Waals surface area contributed by atoms with E-state index >= 15 is 0 Å². The van der Waals surface area contributed by atoms with Crippen LogP contribution in [0.15, 0.2) is 9.93 Å². The number of β-lactam (4-membered cyclic amide) rings is 1. The Balaban J connectivity index is 2.19.